The molecule has 4 rings (SSSR count). The number of benzene rings is 4. The largest absolute Gasteiger partial charge is 1.00 e. The number of aromatic carboxylic acids is 2. The number of hydrogen-bond donors (Lipinski definition) is 0. The molecule has 0 radical (unpaired) electrons. The van der Waals surface area contributed by atoms with Crippen LogP contribution in [0.15, 0.2) is 109 Å². The van der Waals surface area contributed by atoms with Crippen LogP contribution in [0.3, 0.4) is 0 Å². The molecule has 0 fully saturated rings. The molecule has 0 saturated heterocycles. The predicted molar refractivity (Wildman–Crippen MR) is 112 cm³/mol. The summed E-state index contributed by atoms with van der Waals surface area (Å²) < 4.78 is 0. The Hall–Kier alpha value is -2.70. The summed E-state index contributed by atoms with van der Waals surface area (Å²) >= 11 is 0. The minimum Gasteiger partial charge on any atom is -0.545 e. The number of hydrogen-bond acceptors (Lipinski definition) is 4. The average molecular weight is 610 g/mol. The van der Waals surface area contributed by atoms with Crippen LogP contribution in [0.4, 0.5) is 0 Å². The van der Waals surface area contributed by atoms with Crippen LogP contribution < -0.4 is 10.2 Å². The number of carboxylic acids is 2. The second-order valence-electron chi connectivity index (χ2n) is 6.46. The molecular weight excluding hydrogens is 592 g/mol. The fourth-order valence-electron chi connectivity index (χ4n) is 2.86. The van der Waals surface area contributed by atoms with Gasteiger partial charge < -0.3 is 19.8 Å². The van der Waals surface area contributed by atoms with Gasteiger partial charge in [-0.05, 0) is 33.4 Å². The normalized spacial score (nSPS) is 9.25. The van der Waals surface area contributed by atoms with Crippen molar-refractivity contribution in [3.8, 4) is 22.3 Å². The molecule has 168 valence electrons. The molecule has 4 nitrogen and oxygen atoms in total. The zero-order chi connectivity index (χ0) is 21.3. The van der Waals surface area contributed by atoms with E-state index in [2.05, 4.69) is 0 Å². The van der Waals surface area contributed by atoms with Gasteiger partial charge in [-0.3, -0.25) is 0 Å². The number of rotatable bonds is 4. The van der Waals surface area contributed by atoms with Crippen LogP contribution in [0.5, 0.6) is 0 Å². The van der Waals surface area contributed by atoms with Gasteiger partial charge >= 0.3 is 44.8 Å². The maximum atomic E-state index is 10.5. The Bertz CT molecular complexity index is 1020. The predicted octanol–water partition coefficient (Wildman–Crippen LogP) is 3.43. The van der Waals surface area contributed by atoms with Gasteiger partial charge in [0.1, 0.15) is 0 Å². The molecule has 0 amide bonds. The van der Waals surface area contributed by atoms with Gasteiger partial charge in [0.25, 0.3) is 0 Å². The van der Waals surface area contributed by atoms with Crippen LogP contribution in [0.1, 0.15) is 20.7 Å². The van der Waals surface area contributed by atoms with Crippen molar-refractivity contribution < 1.29 is 64.6 Å². The molecule has 4 aromatic carbocycles. The van der Waals surface area contributed by atoms with Gasteiger partial charge in [0, 0.05) is 0 Å². The van der Waals surface area contributed by atoms with Gasteiger partial charge in [-0.2, -0.15) is 0 Å². The van der Waals surface area contributed by atoms with E-state index in [-0.39, 0.29) is 55.9 Å². The summed E-state index contributed by atoms with van der Waals surface area (Å²) in [7, 11) is 0. The Morgan fingerprint density at radius 3 is 0.906 bits per heavy atom. The first-order valence-electron chi connectivity index (χ1n) is 9.28. The first-order chi connectivity index (χ1) is 14.5. The van der Waals surface area contributed by atoms with Gasteiger partial charge in [-0.15, -0.1) is 0 Å². The van der Waals surface area contributed by atoms with Crippen molar-refractivity contribution in [1.82, 2.24) is 0 Å². The quantitative estimate of drug-likeness (QED) is 0.332. The van der Waals surface area contributed by atoms with Crippen molar-refractivity contribution in [3.05, 3.63) is 120 Å². The second-order valence-corrected chi connectivity index (χ2v) is 6.46. The summed E-state index contributed by atoms with van der Waals surface area (Å²) in [5.41, 5.74) is 4.55. The molecule has 0 heterocycles. The van der Waals surface area contributed by atoms with E-state index in [9.17, 15) is 19.8 Å². The van der Waals surface area contributed by atoms with Crippen LogP contribution >= 0.6 is 0 Å². The standard InChI is InChI=1S/2C13H10O2.2Ag/c2*14-13(15)12-8-6-11(7-9-12)10-4-2-1-3-5-10;;/h2*1-9H,(H,14,15);;/q;;2*+1/p-2. The molecule has 0 spiro atoms. The third kappa shape index (κ3) is 7.77. The molecule has 0 aromatic heterocycles. The van der Waals surface area contributed by atoms with Crippen LogP contribution in [-0.4, -0.2) is 11.9 Å². The Morgan fingerprint density at radius 2 is 0.656 bits per heavy atom. The molecule has 0 saturated carbocycles. The third-order valence-corrected chi connectivity index (χ3v) is 4.46. The van der Waals surface area contributed by atoms with Crippen LogP contribution in [0, 0.1) is 0 Å². The monoisotopic (exact) mass is 608 g/mol. The topological polar surface area (TPSA) is 80.3 Å². The number of carbonyl (C=O) groups excluding carboxylic acids is 2. The zero-order valence-electron chi connectivity index (χ0n) is 16.6. The summed E-state index contributed by atoms with van der Waals surface area (Å²) in [6.07, 6.45) is 0. The Kier molecular flexibility index (Phi) is 11.7. The van der Waals surface area contributed by atoms with E-state index in [0.29, 0.717) is 0 Å². The molecule has 0 aliphatic rings. The molecule has 32 heavy (non-hydrogen) atoms. The van der Waals surface area contributed by atoms with E-state index >= 15 is 0 Å². The van der Waals surface area contributed by atoms with Crippen molar-refractivity contribution in [2.75, 3.05) is 0 Å². The summed E-state index contributed by atoms with van der Waals surface area (Å²) in [6, 6.07) is 32.9. The van der Waals surface area contributed by atoms with Crippen LogP contribution in [0.25, 0.3) is 22.3 Å². The molecule has 6 heteroatoms. The smallest absolute Gasteiger partial charge is 0.545 e. The Morgan fingerprint density at radius 1 is 0.406 bits per heavy atom. The van der Waals surface area contributed by atoms with E-state index in [4.69, 9.17) is 0 Å². The minimum absolute atomic E-state index is 0. The Labute approximate surface area is 218 Å². The van der Waals surface area contributed by atoms with Gasteiger partial charge in [0.15, 0.2) is 0 Å². The van der Waals surface area contributed by atoms with Crippen molar-refractivity contribution in [1.29, 1.82) is 0 Å². The van der Waals surface area contributed by atoms with E-state index in [0.717, 1.165) is 22.3 Å². The minimum atomic E-state index is -1.14. The summed E-state index contributed by atoms with van der Waals surface area (Å²) in [5.74, 6) is -2.29. The summed E-state index contributed by atoms with van der Waals surface area (Å²) in [5, 5.41) is 21.1. The SMILES string of the molecule is O=C([O-])c1ccc(-c2ccccc2)cc1.O=C([O-])c1ccc(-c2ccccc2)cc1.[Ag+].[Ag+]. The molecule has 0 aliphatic heterocycles. The number of carboxylic acid groups (broad SMARTS) is 2. The molecule has 0 N–H and O–H groups in total. The molecule has 0 unspecified atom stereocenters. The molecule has 0 aliphatic carbocycles. The van der Waals surface area contributed by atoms with E-state index < -0.39 is 11.9 Å². The molecular formula is C26H18Ag2O4. The Balaban J connectivity index is 0.000000301. The van der Waals surface area contributed by atoms with Crippen LogP contribution in [-0.2, 0) is 44.8 Å². The van der Waals surface area contributed by atoms with E-state index in [1.165, 1.54) is 0 Å². The molecule has 0 atom stereocenters. The van der Waals surface area contributed by atoms with Crippen molar-refractivity contribution in [2.24, 2.45) is 0 Å². The first-order valence-corrected chi connectivity index (χ1v) is 9.28. The van der Waals surface area contributed by atoms with Gasteiger partial charge in [0.2, 0.25) is 0 Å². The van der Waals surface area contributed by atoms with Gasteiger partial charge in [-0.25, -0.2) is 0 Å². The number of carbonyl (C=O) groups is 2. The summed E-state index contributed by atoms with van der Waals surface area (Å²) in [4.78, 5) is 21.1. The van der Waals surface area contributed by atoms with Crippen molar-refractivity contribution >= 4 is 11.9 Å². The summed E-state index contributed by atoms with van der Waals surface area (Å²) in [6.45, 7) is 0. The first kappa shape index (κ1) is 27.3. The van der Waals surface area contributed by atoms with Gasteiger partial charge in [0.05, 0.1) is 11.9 Å². The molecule has 0 bridgehead atoms. The average Bonchev–Trinajstić information content (AvgIpc) is 2.81. The van der Waals surface area contributed by atoms with Crippen LogP contribution in [0.2, 0.25) is 0 Å². The maximum Gasteiger partial charge on any atom is 1.00 e. The van der Waals surface area contributed by atoms with Gasteiger partial charge in [-0.1, -0.05) is 109 Å². The van der Waals surface area contributed by atoms with Crippen molar-refractivity contribution in [3.63, 3.8) is 0 Å². The van der Waals surface area contributed by atoms with Crippen molar-refractivity contribution in [2.45, 2.75) is 0 Å². The fraction of sp³-hybridized carbons (Fsp3) is 0. The fourth-order valence-corrected chi connectivity index (χ4v) is 2.86. The molecule has 4 aromatic rings. The zero-order valence-corrected chi connectivity index (χ0v) is 19.6. The maximum absolute atomic E-state index is 10.5. The third-order valence-electron chi connectivity index (χ3n) is 4.46. The van der Waals surface area contributed by atoms with E-state index in [1.54, 1.807) is 48.5 Å². The second kappa shape index (κ2) is 13.7. The van der Waals surface area contributed by atoms with E-state index in [1.807, 2.05) is 60.7 Å².